The first kappa shape index (κ1) is 13.0. The van der Waals surface area contributed by atoms with E-state index < -0.39 is 0 Å². The number of hydrogen-bond donors (Lipinski definition) is 1. The SMILES string of the molecule is Nc1cc(Br)ccc1C(=O)c1ccc2c(c1)OCCO2. The molecule has 0 spiro atoms. The Morgan fingerprint density at radius 2 is 1.80 bits per heavy atom. The Hall–Kier alpha value is -2.01. The van der Waals surface area contributed by atoms with Crippen molar-refractivity contribution >= 4 is 27.4 Å². The van der Waals surface area contributed by atoms with Crippen LogP contribution in [0.15, 0.2) is 40.9 Å². The van der Waals surface area contributed by atoms with Gasteiger partial charge in [0.15, 0.2) is 17.3 Å². The number of anilines is 1. The maximum Gasteiger partial charge on any atom is 0.195 e. The van der Waals surface area contributed by atoms with Gasteiger partial charge in [-0.2, -0.15) is 0 Å². The molecule has 0 bridgehead atoms. The number of ketones is 1. The monoisotopic (exact) mass is 333 g/mol. The van der Waals surface area contributed by atoms with Gasteiger partial charge in [0.2, 0.25) is 0 Å². The van der Waals surface area contributed by atoms with Crippen LogP contribution < -0.4 is 15.2 Å². The molecule has 0 saturated carbocycles. The molecule has 0 saturated heterocycles. The summed E-state index contributed by atoms with van der Waals surface area (Å²) in [5, 5.41) is 0. The van der Waals surface area contributed by atoms with Crippen molar-refractivity contribution in [2.24, 2.45) is 0 Å². The molecule has 0 aliphatic carbocycles. The second-order valence-electron chi connectivity index (χ2n) is 4.42. The van der Waals surface area contributed by atoms with Crippen molar-refractivity contribution in [3.63, 3.8) is 0 Å². The Labute approximate surface area is 124 Å². The molecule has 0 amide bonds. The predicted octanol–water partition coefficient (Wildman–Crippen LogP) is 3.03. The topological polar surface area (TPSA) is 61.6 Å². The van der Waals surface area contributed by atoms with Crippen LogP contribution in [0.5, 0.6) is 11.5 Å². The van der Waals surface area contributed by atoms with Gasteiger partial charge in [-0.05, 0) is 36.4 Å². The molecule has 2 aromatic rings. The van der Waals surface area contributed by atoms with Crippen molar-refractivity contribution in [3.8, 4) is 11.5 Å². The first-order chi connectivity index (χ1) is 9.65. The minimum Gasteiger partial charge on any atom is -0.486 e. The lowest BCUT2D eigenvalue weighted by atomic mass is 10.0. The van der Waals surface area contributed by atoms with E-state index in [0.29, 0.717) is 41.5 Å². The van der Waals surface area contributed by atoms with Gasteiger partial charge in [-0.25, -0.2) is 0 Å². The molecule has 0 aromatic heterocycles. The Morgan fingerprint density at radius 1 is 1.05 bits per heavy atom. The highest BCUT2D eigenvalue weighted by atomic mass is 79.9. The number of carbonyl (C=O) groups excluding carboxylic acids is 1. The Bertz CT molecular complexity index is 685. The third kappa shape index (κ3) is 2.36. The van der Waals surface area contributed by atoms with Crippen molar-refractivity contribution in [2.75, 3.05) is 18.9 Å². The number of nitrogens with two attached hydrogens (primary N) is 1. The summed E-state index contributed by atoms with van der Waals surface area (Å²) in [5.74, 6) is 1.13. The lowest BCUT2D eigenvalue weighted by Crippen LogP contribution is -2.16. The summed E-state index contributed by atoms with van der Waals surface area (Å²) in [6.45, 7) is 1.02. The number of hydrogen-bond acceptors (Lipinski definition) is 4. The zero-order chi connectivity index (χ0) is 14.1. The minimum absolute atomic E-state index is 0.132. The normalized spacial score (nSPS) is 13.1. The quantitative estimate of drug-likeness (QED) is 0.677. The van der Waals surface area contributed by atoms with Gasteiger partial charge in [-0.3, -0.25) is 4.79 Å². The summed E-state index contributed by atoms with van der Waals surface area (Å²) in [4.78, 5) is 12.5. The summed E-state index contributed by atoms with van der Waals surface area (Å²) in [6.07, 6.45) is 0. The molecule has 0 radical (unpaired) electrons. The van der Waals surface area contributed by atoms with Crippen LogP contribution in [0.4, 0.5) is 5.69 Å². The fourth-order valence-corrected chi connectivity index (χ4v) is 2.46. The molecule has 4 nitrogen and oxygen atoms in total. The van der Waals surface area contributed by atoms with Crippen molar-refractivity contribution in [1.29, 1.82) is 0 Å². The molecule has 0 atom stereocenters. The largest absolute Gasteiger partial charge is 0.486 e. The van der Waals surface area contributed by atoms with Crippen LogP contribution in [-0.4, -0.2) is 19.0 Å². The maximum absolute atomic E-state index is 12.5. The van der Waals surface area contributed by atoms with E-state index in [0.717, 1.165) is 4.47 Å². The summed E-state index contributed by atoms with van der Waals surface area (Å²) >= 11 is 3.32. The van der Waals surface area contributed by atoms with Gasteiger partial charge in [0.1, 0.15) is 13.2 Å². The van der Waals surface area contributed by atoms with Crippen molar-refractivity contribution < 1.29 is 14.3 Å². The van der Waals surface area contributed by atoms with Crippen LogP contribution in [0.1, 0.15) is 15.9 Å². The number of fused-ring (bicyclic) bond motifs is 1. The van der Waals surface area contributed by atoms with Gasteiger partial charge in [-0.1, -0.05) is 15.9 Å². The van der Waals surface area contributed by atoms with E-state index in [1.54, 1.807) is 36.4 Å². The number of ether oxygens (including phenoxy) is 2. The average Bonchev–Trinajstić information content (AvgIpc) is 2.46. The van der Waals surface area contributed by atoms with Crippen LogP contribution in [0.25, 0.3) is 0 Å². The van der Waals surface area contributed by atoms with Gasteiger partial charge < -0.3 is 15.2 Å². The van der Waals surface area contributed by atoms with Crippen LogP contribution in [0.3, 0.4) is 0 Å². The summed E-state index contributed by atoms with van der Waals surface area (Å²) in [7, 11) is 0. The lowest BCUT2D eigenvalue weighted by Gasteiger charge is -2.18. The fourth-order valence-electron chi connectivity index (χ4n) is 2.08. The number of nitrogen functional groups attached to an aromatic ring is 1. The molecule has 2 aromatic carbocycles. The van der Waals surface area contributed by atoms with Crippen LogP contribution in [0, 0.1) is 0 Å². The van der Waals surface area contributed by atoms with Gasteiger partial charge >= 0.3 is 0 Å². The molecule has 5 heteroatoms. The van der Waals surface area contributed by atoms with E-state index in [-0.39, 0.29) is 5.78 Å². The first-order valence-electron chi connectivity index (χ1n) is 6.14. The molecule has 1 heterocycles. The summed E-state index contributed by atoms with van der Waals surface area (Å²) in [5.41, 5.74) is 7.34. The van der Waals surface area contributed by atoms with Crippen LogP contribution in [-0.2, 0) is 0 Å². The third-order valence-corrected chi connectivity index (χ3v) is 3.56. The van der Waals surface area contributed by atoms with E-state index in [2.05, 4.69) is 15.9 Å². The maximum atomic E-state index is 12.5. The molecular formula is C15H12BrNO3. The molecule has 3 rings (SSSR count). The predicted molar refractivity (Wildman–Crippen MR) is 79.4 cm³/mol. The third-order valence-electron chi connectivity index (χ3n) is 3.06. The van der Waals surface area contributed by atoms with Crippen molar-refractivity contribution in [3.05, 3.63) is 52.0 Å². The molecule has 20 heavy (non-hydrogen) atoms. The van der Waals surface area contributed by atoms with E-state index in [1.165, 1.54) is 0 Å². The fraction of sp³-hybridized carbons (Fsp3) is 0.133. The van der Waals surface area contributed by atoms with Crippen molar-refractivity contribution in [2.45, 2.75) is 0 Å². The standard InChI is InChI=1S/C15H12BrNO3/c16-10-2-3-11(12(17)8-10)15(18)9-1-4-13-14(7-9)20-6-5-19-13/h1-4,7-8H,5-6,17H2. The Morgan fingerprint density at radius 3 is 2.55 bits per heavy atom. The van der Waals surface area contributed by atoms with Gasteiger partial charge in [0, 0.05) is 21.3 Å². The molecule has 2 N–H and O–H groups in total. The molecule has 1 aliphatic rings. The van der Waals surface area contributed by atoms with E-state index in [1.807, 2.05) is 0 Å². The highest BCUT2D eigenvalue weighted by Gasteiger charge is 2.17. The van der Waals surface area contributed by atoms with Crippen molar-refractivity contribution in [1.82, 2.24) is 0 Å². The molecular weight excluding hydrogens is 322 g/mol. The lowest BCUT2D eigenvalue weighted by molar-refractivity contribution is 0.103. The smallest absolute Gasteiger partial charge is 0.195 e. The van der Waals surface area contributed by atoms with E-state index in [4.69, 9.17) is 15.2 Å². The average molecular weight is 334 g/mol. The summed E-state index contributed by atoms with van der Waals surface area (Å²) < 4.78 is 11.8. The minimum atomic E-state index is -0.132. The molecule has 0 fully saturated rings. The first-order valence-corrected chi connectivity index (χ1v) is 6.94. The molecule has 102 valence electrons. The number of halogens is 1. The van der Waals surface area contributed by atoms with Crippen LogP contribution in [0.2, 0.25) is 0 Å². The second kappa shape index (κ2) is 5.17. The van der Waals surface area contributed by atoms with Crippen LogP contribution >= 0.6 is 15.9 Å². The number of rotatable bonds is 2. The zero-order valence-electron chi connectivity index (χ0n) is 10.6. The van der Waals surface area contributed by atoms with Gasteiger partial charge in [-0.15, -0.1) is 0 Å². The highest BCUT2D eigenvalue weighted by Crippen LogP contribution is 2.32. The van der Waals surface area contributed by atoms with E-state index >= 15 is 0 Å². The van der Waals surface area contributed by atoms with E-state index in [9.17, 15) is 4.79 Å². The zero-order valence-corrected chi connectivity index (χ0v) is 12.1. The molecule has 0 unspecified atom stereocenters. The van der Waals surface area contributed by atoms with Gasteiger partial charge in [0.25, 0.3) is 0 Å². The second-order valence-corrected chi connectivity index (χ2v) is 5.33. The number of carbonyl (C=O) groups is 1. The Balaban J connectivity index is 1.98. The number of benzene rings is 2. The van der Waals surface area contributed by atoms with Gasteiger partial charge in [0.05, 0.1) is 0 Å². The highest BCUT2D eigenvalue weighted by molar-refractivity contribution is 9.10. The Kier molecular flexibility index (Phi) is 3.36. The summed E-state index contributed by atoms with van der Waals surface area (Å²) in [6, 6.07) is 10.4. The molecule has 1 aliphatic heterocycles.